The minimum atomic E-state index is 0.0881. The number of nitrogens with one attached hydrogen (secondary N) is 1. The molecule has 0 aliphatic rings. The van der Waals surface area contributed by atoms with Crippen molar-refractivity contribution in [3.8, 4) is 5.75 Å². The van der Waals surface area contributed by atoms with Crippen LogP contribution in [0.5, 0.6) is 5.75 Å². The zero-order valence-corrected chi connectivity index (χ0v) is 13.0. The highest BCUT2D eigenvalue weighted by atomic mass is 16.5. The molecular formula is C17H27NO. The van der Waals surface area contributed by atoms with Crippen molar-refractivity contribution >= 4 is 0 Å². The van der Waals surface area contributed by atoms with Crippen LogP contribution in [0, 0.1) is 0 Å². The van der Waals surface area contributed by atoms with E-state index in [-0.39, 0.29) is 5.41 Å². The Labute approximate surface area is 117 Å². The highest BCUT2D eigenvalue weighted by Gasteiger charge is 2.19. The lowest BCUT2D eigenvalue weighted by Crippen LogP contribution is -2.17. The van der Waals surface area contributed by atoms with Gasteiger partial charge in [0, 0.05) is 6.54 Å². The van der Waals surface area contributed by atoms with Crippen molar-refractivity contribution in [2.24, 2.45) is 0 Å². The van der Waals surface area contributed by atoms with Gasteiger partial charge in [-0.2, -0.15) is 0 Å². The number of hydrogen-bond acceptors (Lipinski definition) is 2. The molecule has 0 unspecified atom stereocenters. The molecule has 1 aromatic rings. The maximum absolute atomic E-state index is 5.94. The minimum absolute atomic E-state index is 0.0881. The quantitative estimate of drug-likeness (QED) is 0.788. The smallest absolute Gasteiger partial charge is 0.123 e. The van der Waals surface area contributed by atoms with Crippen molar-refractivity contribution in [2.45, 2.75) is 39.5 Å². The molecule has 0 saturated carbocycles. The van der Waals surface area contributed by atoms with E-state index in [1.165, 1.54) is 11.1 Å². The average Bonchev–Trinajstić information content (AvgIpc) is 2.35. The van der Waals surface area contributed by atoms with E-state index in [2.05, 4.69) is 57.8 Å². The molecule has 0 fully saturated rings. The lowest BCUT2D eigenvalue weighted by atomic mass is 9.85. The third-order valence-electron chi connectivity index (χ3n) is 3.12. The summed E-state index contributed by atoms with van der Waals surface area (Å²) in [5.41, 5.74) is 3.77. The minimum Gasteiger partial charge on any atom is -0.489 e. The second kappa shape index (κ2) is 6.76. The first-order valence-electron chi connectivity index (χ1n) is 6.96. The molecule has 1 rings (SSSR count). The lowest BCUT2D eigenvalue weighted by Gasteiger charge is -2.24. The van der Waals surface area contributed by atoms with Crippen molar-refractivity contribution in [3.05, 3.63) is 41.5 Å². The summed E-state index contributed by atoms with van der Waals surface area (Å²) in [4.78, 5) is 0. The van der Waals surface area contributed by atoms with Gasteiger partial charge in [-0.3, -0.25) is 0 Å². The Morgan fingerprint density at radius 3 is 2.53 bits per heavy atom. The second-order valence-electron chi connectivity index (χ2n) is 6.00. The average molecular weight is 261 g/mol. The van der Waals surface area contributed by atoms with Crippen LogP contribution in [-0.2, 0) is 11.8 Å². The Hall–Kier alpha value is -1.28. The fraction of sp³-hybridized carbons (Fsp3) is 0.529. The largest absolute Gasteiger partial charge is 0.489 e. The van der Waals surface area contributed by atoms with Crippen LogP contribution in [0.1, 0.15) is 38.8 Å². The number of rotatable bonds is 6. The van der Waals surface area contributed by atoms with E-state index in [0.717, 1.165) is 24.3 Å². The highest BCUT2D eigenvalue weighted by molar-refractivity contribution is 5.41. The molecule has 1 aromatic carbocycles. The standard InChI is InChI=1S/C17H27NO/c1-7-14-8-9-16(15(10-14)17(3,4)5)19-12-13(2)11-18-6/h8-10,18H,2,7,11-12H2,1,3-6H3. The van der Waals surface area contributed by atoms with Gasteiger partial charge in [0.25, 0.3) is 0 Å². The van der Waals surface area contributed by atoms with Gasteiger partial charge in [-0.1, -0.05) is 46.4 Å². The van der Waals surface area contributed by atoms with Gasteiger partial charge in [0.15, 0.2) is 0 Å². The van der Waals surface area contributed by atoms with E-state index in [4.69, 9.17) is 4.74 Å². The third kappa shape index (κ3) is 4.71. The first-order chi connectivity index (χ1) is 8.88. The summed E-state index contributed by atoms with van der Waals surface area (Å²) in [5, 5.41) is 3.09. The van der Waals surface area contributed by atoms with Crippen LogP contribution in [0.25, 0.3) is 0 Å². The Balaban J connectivity index is 2.91. The van der Waals surface area contributed by atoms with E-state index >= 15 is 0 Å². The summed E-state index contributed by atoms with van der Waals surface area (Å²) in [7, 11) is 1.92. The fourth-order valence-corrected chi connectivity index (χ4v) is 1.99. The molecule has 0 bridgehead atoms. The molecule has 0 spiro atoms. The van der Waals surface area contributed by atoms with Crippen molar-refractivity contribution in [1.29, 1.82) is 0 Å². The Kier molecular flexibility index (Phi) is 5.61. The van der Waals surface area contributed by atoms with Crippen molar-refractivity contribution in [1.82, 2.24) is 5.32 Å². The molecule has 2 nitrogen and oxygen atoms in total. The summed E-state index contributed by atoms with van der Waals surface area (Å²) in [6.45, 7) is 14.2. The molecule has 0 atom stereocenters. The molecule has 0 aliphatic carbocycles. The zero-order chi connectivity index (χ0) is 14.5. The van der Waals surface area contributed by atoms with Gasteiger partial charge in [-0.15, -0.1) is 0 Å². The maximum atomic E-state index is 5.94. The van der Waals surface area contributed by atoms with Gasteiger partial charge >= 0.3 is 0 Å². The molecule has 1 N–H and O–H groups in total. The molecule has 19 heavy (non-hydrogen) atoms. The predicted octanol–water partition coefficient (Wildman–Crippen LogP) is 3.70. The number of aryl methyl sites for hydroxylation is 1. The van der Waals surface area contributed by atoms with Gasteiger partial charge in [0.1, 0.15) is 12.4 Å². The fourth-order valence-electron chi connectivity index (χ4n) is 1.99. The highest BCUT2D eigenvalue weighted by Crippen LogP contribution is 2.32. The van der Waals surface area contributed by atoms with Crippen LogP contribution in [0.3, 0.4) is 0 Å². The lowest BCUT2D eigenvalue weighted by molar-refractivity contribution is 0.338. The van der Waals surface area contributed by atoms with Gasteiger partial charge in [0.2, 0.25) is 0 Å². The molecule has 2 heteroatoms. The number of hydrogen-bond donors (Lipinski definition) is 1. The number of benzene rings is 1. The van der Waals surface area contributed by atoms with E-state index in [1.54, 1.807) is 0 Å². The third-order valence-corrected chi connectivity index (χ3v) is 3.12. The molecular weight excluding hydrogens is 234 g/mol. The summed E-state index contributed by atoms with van der Waals surface area (Å²) in [6.07, 6.45) is 1.05. The van der Waals surface area contributed by atoms with Gasteiger partial charge < -0.3 is 10.1 Å². The van der Waals surface area contributed by atoms with Gasteiger partial charge in [0.05, 0.1) is 0 Å². The summed E-state index contributed by atoms with van der Waals surface area (Å²) >= 11 is 0. The summed E-state index contributed by atoms with van der Waals surface area (Å²) in [6, 6.07) is 6.49. The normalized spacial score (nSPS) is 11.4. The van der Waals surface area contributed by atoms with E-state index in [1.807, 2.05) is 7.05 Å². The molecule has 0 saturated heterocycles. The van der Waals surface area contributed by atoms with Gasteiger partial charge in [-0.05, 0) is 41.6 Å². The molecule has 0 amide bonds. The van der Waals surface area contributed by atoms with E-state index in [9.17, 15) is 0 Å². The number of likely N-dealkylation sites (N-methyl/N-ethyl adjacent to an activating group) is 1. The van der Waals surface area contributed by atoms with Crippen LogP contribution in [0.2, 0.25) is 0 Å². The molecule has 0 radical (unpaired) electrons. The van der Waals surface area contributed by atoms with Crippen LogP contribution >= 0.6 is 0 Å². The topological polar surface area (TPSA) is 21.3 Å². The molecule has 0 aliphatic heterocycles. The summed E-state index contributed by atoms with van der Waals surface area (Å²) < 4.78 is 5.94. The second-order valence-corrected chi connectivity index (χ2v) is 6.00. The Morgan fingerprint density at radius 1 is 1.32 bits per heavy atom. The monoisotopic (exact) mass is 261 g/mol. The first kappa shape index (κ1) is 15.8. The van der Waals surface area contributed by atoms with Gasteiger partial charge in [-0.25, -0.2) is 0 Å². The number of ether oxygens (including phenoxy) is 1. The van der Waals surface area contributed by atoms with Crippen molar-refractivity contribution < 1.29 is 4.74 Å². The molecule has 0 aromatic heterocycles. The zero-order valence-electron chi connectivity index (χ0n) is 13.0. The van der Waals surface area contributed by atoms with Crippen LogP contribution in [0.15, 0.2) is 30.4 Å². The van der Waals surface area contributed by atoms with Crippen molar-refractivity contribution in [2.75, 3.05) is 20.2 Å². The summed E-state index contributed by atoms with van der Waals surface area (Å²) in [5.74, 6) is 0.974. The predicted molar refractivity (Wildman–Crippen MR) is 83.1 cm³/mol. The van der Waals surface area contributed by atoms with Crippen molar-refractivity contribution in [3.63, 3.8) is 0 Å². The Morgan fingerprint density at radius 2 is 2.00 bits per heavy atom. The van der Waals surface area contributed by atoms with Crippen LogP contribution in [-0.4, -0.2) is 20.2 Å². The molecule has 106 valence electrons. The maximum Gasteiger partial charge on any atom is 0.123 e. The van der Waals surface area contributed by atoms with E-state index in [0.29, 0.717) is 6.61 Å². The molecule has 0 heterocycles. The van der Waals surface area contributed by atoms with Crippen LogP contribution in [0.4, 0.5) is 0 Å². The Bertz CT molecular complexity index is 429. The van der Waals surface area contributed by atoms with E-state index < -0.39 is 0 Å². The van der Waals surface area contributed by atoms with Crippen LogP contribution < -0.4 is 10.1 Å². The first-order valence-corrected chi connectivity index (χ1v) is 6.96. The SMILES string of the molecule is C=C(CNC)COc1ccc(CC)cc1C(C)(C)C.